The van der Waals surface area contributed by atoms with Gasteiger partial charge < -0.3 is 9.79 Å². The summed E-state index contributed by atoms with van der Waals surface area (Å²) < 4.78 is 14.4. The minimum atomic E-state index is -4.60. The van der Waals surface area contributed by atoms with E-state index in [0.717, 1.165) is 0 Å². The van der Waals surface area contributed by atoms with Crippen molar-refractivity contribution in [2.24, 2.45) is 0 Å². The Balaban J connectivity index is 2.62. The van der Waals surface area contributed by atoms with Gasteiger partial charge in [0.25, 0.3) is 0 Å². The first-order valence-electron chi connectivity index (χ1n) is 3.87. The van der Waals surface area contributed by atoms with Gasteiger partial charge in [-0.05, 0) is 24.3 Å². The van der Waals surface area contributed by atoms with Gasteiger partial charge in [-0.3, -0.25) is 9.32 Å². The van der Waals surface area contributed by atoms with Crippen molar-refractivity contribution in [3.63, 3.8) is 0 Å². The van der Waals surface area contributed by atoms with Crippen molar-refractivity contribution in [1.82, 2.24) is 0 Å². The highest BCUT2D eigenvalue weighted by atomic mass is 35.5. The maximum atomic E-state index is 11.3. The number of carbonyl (C=O) groups excluding carboxylic acids is 1. The smallest absolute Gasteiger partial charge is 0.303 e. The van der Waals surface area contributed by atoms with E-state index < -0.39 is 20.2 Å². The molecule has 0 bridgehead atoms. The quantitative estimate of drug-likeness (QED) is 0.627. The van der Waals surface area contributed by atoms with Gasteiger partial charge in [-0.15, -0.1) is 0 Å². The summed E-state index contributed by atoms with van der Waals surface area (Å²) >= 11 is 5.60. The van der Waals surface area contributed by atoms with Gasteiger partial charge in [0, 0.05) is 10.6 Å². The highest BCUT2D eigenvalue weighted by molar-refractivity contribution is 7.46. The predicted octanol–water partition coefficient (Wildman–Crippen LogP) is 1.63. The van der Waals surface area contributed by atoms with E-state index in [1.54, 1.807) is 0 Å². The van der Waals surface area contributed by atoms with Crippen LogP contribution in [0.5, 0.6) is 0 Å². The first-order chi connectivity index (χ1) is 6.88. The van der Waals surface area contributed by atoms with Crippen LogP contribution in [0.25, 0.3) is 0 Å². The summed E-state index contributed by atoms with van der Waals surface area (Å²) in [6.07, 6.45) is 0. The molecule has 5 nitrogen and oxygen atoms in total. The molecule has 0 amide bonds. The molecule has 0 fully saturated rings. The topological polar surface area (TPSA) is 83.8 Å². The van der Waals surface area contributed by atoms with E-state index in [4.69, 9.17) is 21.4 Å². The number of ketones is 1. The lowest BCUT2D eigenvalue weighted by Gasteiger charge is -2.04. The van der Waals surface area contributed by atoms with Crippen LogP contribution in [-0.2, 0) is 9.09 Å². The third-order valence-corrected chi connectivity index (χ3v) is 2.25. The molecule has 0 spiro atoms. The largest absolute Gasteiger partial charge is 0.470 e. The van der Waals surface area contributed by atoms with Crippen LogP contribution in [0.4, 0.5) is 0 Å². The van der Waals surface area contributed by atoms with Gasteiger partial charge in [0.1, 0.15) is 6.61 Å². The van der Waals surface area contributed by atoms with Gasteiger partial charge in [0.05, 0.1) is 0 Å². The number of hydrogen-bond donors (Lipinski definition) is 2. The molecule has 82 valence electrons. The second-order valence-corrected chi connectivity index (χ2v) is 4.37. The van der Waals surface area contributed by atoms with E-state index in [0.29, 0.717) is 5.02 Å². The molecule has 0 saturated heterocycles. The molecular weight excluding hydrogens is 243 g/mol. The first kappa shape index (κ1) is 12.4. The van der Waals surface area contributed by atoms with Gasteiger partial charge in [0.15, 0.2) is 5.78 Å². The maximum Gasteiger partial charge on any atom is 0.470 e. The third kappa shape index (κ3) is 4.55. The zero-order valence-corrected chi connectivity index (χ0v) is 9.11. The van der Waals surface area contributed by atoms with E-state index in [1.165, 1.54) is 24.3 Å². The molecule has 0 heterocycles. The molecule has 2 N–H and O–H groups in total. The van der Waals surface area contributed by atoms with Crippen LogP contribution >= 0.6 is 19.4 Å². The lowest BCUT2D eigenvalue weighted by molar-refractivity contribution is 0.0884. The van der Waals surface area contributed by atoms with Crippen LogP contribution in [0.2, 0.25) is 5.02 Å². The van der Waals surface area contributed by atoms with Crippen LogP contribution < -0.4 is 0 Å². The second kappa shape index (κ2) is 4.88. The Morgan fingerprint density at radius 2 is 1.87 bits per heavy atom. The number of rotatable bonds is 4. The molecule has 0 radical (unpaired) electrons. The third-order valence-electron chi connectivity index (χ3n) is 1.53. The molecule has 0 aliphatic rings. The number of carbonyl (C=O) groups is 1. The number of phosphoric acid groups is 1. The molecule has 7 heteroatoms. The van der Waals surface area contributed by atoms with Crippen molar-refractivity contribution in [2.45, 2.75) is 0 Å². The lowest BCUT2D eigenvalue weighted by Crippen LogP contribution is -2.07. The van der Waals surface area contributed by atoms with Crippen molar-refractivity contribution in [2.75, 3.05) is 6.61 Å². The van der Waals surface area contributed by atoms with Gasteiger partial charge >= 0.3 is 7.82 Å². The molecule has 0 aromatic heterocycles. The Morgan fingerprint density at radius 1 is 1.33 bits per heavy atom. The summed E-state index contributed by atoms with van der Waals surface area (Å²) in [5, 5.41) is 0.474. The molecule has 0 unspecified atom stereocenters. The van der Waals surface area contributed by atoms with Crippen molar-refractivity contribution in [1.29, 1.82) is 0 Å². The summed E-state index contributed by atoms with van der Waals surface area (Å²) in [6, 6.07) is 5.92. The fourth-order valence-electron chi connectivity index (χ4n) is 0.862. The highest BCUT2D eigenvalue weighted by Gasteiger charge is 2.16. The average molecular weight is 251 g/mol. The van der Waals surface area contributed by atoms with Crippen LogP contribution in [0.3, 0.4) is 0 Å². The summed E-state index contributed by atoms with van der Waals surface area (Å²) in [7, 11) is -4.60. The van der Waals surface area contributed by atoms with Crippen molar-refractivity contribution < 1.29 is 23.7 Å². The molecular formula is C8H8ClO5P. The normalized spacial score (nSPS) is 11.4. The van der Waals surface area contributed by atoms with Crippen molar-refractivity contribution >= 4 is 25.2 Å². The molecule has 1 rings (SSSR count). The van der Waals surface area contributed by atoms with Crippen molar-refractivity contribution in [3.05, 3.63) is 34.9 Å². The predicted molar refractivity (Wildman–Crippen MR) is 53.8 cm³/mol. The molecule has 15 heavy (non-hydrogen) atoms. The number of phosphoric ester groups is 1. The minimum absolute atomic E-state index is 0.285. The Labute approximate surface area is 90.9 Å². The average Bonchev–Trinajstić information content (AvgIpc) is 2.14. The molecule has 0 aliphatic heterocycles. The zero-order chi connectivity index (χ0) is 11.5. The van der Waals surface area contributed by atoms with Crippen LogP contribution in [0.1, 0.15) is 10.4 Å². The van der Waals surface area contributed by atoms with E-state index >= 15 is 0 Å². The fraction of sp³-hybridized carbons (Fsp3) is 0.125. The SMILES string of the molecule is O=C(COP(=O)(O)O)c1ccc(Cl)cc1. The van der Waals surface area contributed by atoms with E-state index in [1.807, 2.05) is 0 Å². The maximum absolute atomic E-state index is 11.3. The summed E-state index contributed by atoms with van der Waals surface area (Å²) in [6.45, 7) is -0.661. The molecule has 0 aliphatic carbocycles. The van der Waals surface area contributed by atoms with E-state index in [9.17, 15) is 9.36 Å². The number of halogens is 1. The van der Waals surface area contributed by atoms with Gasteiger partial charge in [-0.1, -0.05) is 11.6 Å². The standard InChI is InChI=1S/C8H8ClO5P/c9-7-3-1-6(2-4-7)8(10)5-14-15(11,12)13/h1-4H,5H2,(H2,11,12,13). The number of hydrogen-bond acceptors (Lipinski definition) is 3. The molecule has 0 atom stereocenters. The summed E-state index contributed by atoms with van der Waals surface area (Å²) in [5.41, 5.74) is 0.285. The van der Waals surface area contributed by atoms with Crippen LogP contribution in [-0.4, -0.2) is 22.2 Å². The van der Waals surface area contributed by atoms with Gasteiger partial charge in [-0.25, -0.2) is 4.57 Å². The zero-order valence-electron chi connectivity index (χ0n) is 7.46. The Morgan fingerprint density at radius 3 is 2.33 bits per heavy atom. The monoisotopic (exact) mass is 250 g/mol. The summed E-state index contributed by atoms with van der Waals surface area (Å²) in [4.78, 5) is 28.0. The number of Topliss-reactive ketones (excluding diaryl/α,β-unsaturated/α-hetero) is 1. The van der Waals surface area contributed by atoms with Gasteiger partial charge in [-0.2, -0.15) is 0 Å². The molecule has 0 saturated carbocycles. The minimum Gasteiger partial charge on any atom is -0.303 e. The van der Waals surface area contributed by atoms with E-state index in [2.05, 4.69) is 4.52 Å². The highest BCUT2D eigenvalue weighted by Crippen LogP contribution is 2.35. The fourth-order valence-corrected chi connectivity index (χ4v) is 1.27. The Bertz CT molecular complexity index is 396. The van der Waals surface area contributed by atoms with E-state index in [-0.39, 0.29) is 5.56 Å². The van der Waals surface area contributed by atoms with Crippen LogP contribution in [0.15, 0.2) is 24.3 Å². The number of benzene rings is 1. The molecule has 1 aromatic rings. The summed E-state index contributed by atoms with van der Waals surface area (Å²) in [5.74, 6) is -0.519. The Kier molecular flexibility index (Phi) is 4.02. The Hall–Kier alpha value is -0.710. The second-order valence-electron chi connectivity index (χ2n) is 2.69. The first-order valence-corrected chi connectivity index (χ1v) is 5.78. The molecule has 1 aromatic carbocycles. The lowest BCUT2D eigenvalue weighted by atomic mass is 10.1. The van der Waals surface area contributed by atoms with Crippen molar-refractivity contribution in [3.8, 4) is 0 Å². The van der Waals surface area contributed by atoms with Gasteiger partial charge in [0.2, 0.25) is 0 Å². The van der Waals surface area contributed by atoms with Crippen LogP contribution in [0, 0.1) is 0 Å².